The monoisotopic (exact) mass is 544 g/mol. The van der Waals surface area contributed by atoms with E-state index in [0.29, 0.717) is 0 Å². The molecule has 0 N–H and O–H groups in total. The smallest absolute Gasteiger partial charge is 0.0848 e. The zero-order valence-electron chi connectivity index (χ0n) is 23.5. The Morgan fingerprint density at radius 2 is 1.03 bits per heavy atom. The maximum Gasteiger partial charge on any atom is 0.0848 e. The third kappa shape index (κ3) is 16.5. The Hall–Kier alpha value is -1.99. The van der Waals surface area contributed by atoms with Crippen molar-refractivity contribution in [3.05, 3.63) is 72.8 Å². The summed E-state index contributed by atoms with van der Waals surface area (Å²) in [7, 11) is 0. The van der Waals surface area contributed by atoms with Crippen molar-refractivity contribution in [2.24, 2.45) is 9.98 Å². The fourth-order valence-electron chi connectivity index (χ4n) is 4.40. The molecule has 2 rings (SSSR count). The number of benzene rings is 2. The first-order valence-corrected chi connectivity index (χ1v) is 14.8. The van der Waals surface area contributed by atoms with Gasteiger partial charge in [0.05, 0.1) is 22.8 Å². The molecule has 0 atom stereocenters. The molecule has 0 unspecified atom stereocenters. The number of rotatable bonds is 20. The van der Waals surface area contributed by atoms with Crippen LogP contribution in [0.2, 0.25) is 0 Å². The van der Waals surface area contributed by atoms with E-state index < -0.39 is 0 Å². The van der Waals surface area contributed by atoms with Gasteiger partial charge in [0.15, 0.2) is 0 Å². The van der Waals surface area contributed by atoms with E-state index >= 15 is 0 Å². The van der Waals surface area contributed by atoms with E-state index in [1.807, 2.05) is 12.1 Å². The van der Waals surface area contributed by atoms with E-state index in [9.17, 15) is 0 Å². The largest absolute Gasteiger partial charge is 0.251 e. The fraction of sp³-hybridized carbons (Fsp3) is 0.529. The second-order valence-electron chi connectivity index (χ2n) is 9.91. The predicted octanol–water partition coefficient (Wildman–Crippen LogP) is 11.4. The minimum atomic E-state index is 0. The molecule has 0 aliphatic heterocycles. The Balaban J connectivity index is 0.00000684. The molecule has 0 aliphatic rings. The van der Waals surface area contributed by atoms with E-state index in [0.717, 1.165) is 42.1 Å². The van der Waals surface area contributed by atoms with Gasteiger partial charge in [-0.1, -0.05) is 133 Å². The Morgan fingerprint density at radius 1 is 0.568 bits per heavy atom. The van der Waals surface area contributed by atoms with Gasteiger partial charge in [0.25, 0.3) is 0 Å². The number of allylic oxidation sites excluding steroid dienone is 2. The van der Waals surface area contributed by atoms with Gasteiger partial charge >= 0.3 is 0 Å². The first kappa shape index (κ1) is 33.0. The van der Waals surface area contributed by atoms with E-state index in [1.54, 1.807) is 0 Å². The Morgan fingerprint density at radius 3 is 1.57 bits per heavy atom. The summed E-state index contributed by atoms with van der Waals surface area (Å²) in [6.45, 7) is 4.55. The zero-order chi connectivity index (χ0) is 25.5. The quantitative estimate of drug-likeness (QED) is 0.0898. The molecule has 0 aromatic heterocycles. The molecule has 0 heterocycles. The third-order valence-corrected chi connectivity index (χ3v) is 6.59. The van der Waals surface area contributed by atoms with Crippen molar-refractivity contribution >= 4 is 22.8 Å². The van der Waals surface area contributed by atoms with Gasteiger partial charge in [-0.3, -0.25) is 4.99 Å². The van der Waals surface area contributed by atoms with Crippen LogP contribution in [0.25, 0.3) is 0 Å². The van der Waals surface area contributed by atoms with Gasteiger partial charge in [0.2, 0.25) is 0 Å². The Kier molecular flexibility index (Phi) is 20.7. The van der Waals surface area contributed by atoms with Gasteiger partial charge in [-0.05, 0) is 56.0 Å². The average Bonchev–Trinajstić information content (AvgIpc) is 2.91. The summed E-state index contributed by atoms with van der Waals surface area (Å²) in [5, 5.41) is 0. The molecule has 0 fully saturated rings. The molecular weight excluding hydrogens is 495 g/mol. The number of nitrogens with zero attached hydrogens (tertiary/aromatic N) is 2. The molecule has 2 nitrogen and oxygen atoms in total. The Bertz CT molecular complexity index is 871. The summed E-state index contributed by atoms with van der Waals surface area (Å²) in [5.74, 6) is 0. The molecule has 0 aliphatic carbocycles. The van der Waals surface area contributed by atoms with E-state index in [4.69, 9.17) is 9.98 Å². The SMILES string of the molecule is CCCCCCCCCCCC/C=C/C(=Nc1ccccc1)C(CCCCCC)=Nc1ccccc1.[Ni]. The van der Waals surface area contributed by atoms with Crippen molar-refractivity contribution in [1.29, 1.82) is 0 Å². The summed E-state index contributed by atoms with van der Waals surface area (Å²) >= 11 is 0. The number of aliphatic imine (C=N–C) groups is 2. The van der Waals surface area contributed by atoms with Crippen molar-refractivity contribution < 1.29 is 16.5 Å². The first-order chi connectivity index (χ1) is 17.8. The normalized spacial score (nSPS) is 12.2. The molecule has 37 heavy (non-hydrogen) atoms. The van der Waals surface area contributed by atoms with Crippen LogP contribution in [0, 0.1) is 0 Å². The van der Waals surface area contributed by atoms with E-state index in [1.165, 1.54) is 83.5 Å². The molecule has 2 aromatic rings. The molecule has 0 spiro atoms. The number of hydrogen-bond donors (Lipinski definition) is 0. The first-order valence-electron chi connectivity index (χ1n) is 14.8. The predicted molar refractivity (Wildman–Crippen MR) is 161 cm³/mol. The van der Waals surface area contributed by atoms with Crippen LogP contribution in [0.15, 0.2) is 82.8 Å². The topological polar surface area (TPSA) is 24.7 Å². The average molecular weight is 545 g/mol. The van der Waals surface area contributed by atoms with Gasteiger partial charge in [-0.15, -0.1) is 0 Å². The molecule has 0 amide bonds. The molecule has 2 aromatic carbocycles. The summed E-state index contributed by atoms with van der Waals surface area (Å²) in [6.07, 6.45) is 25.3. The number of hydrogen-bond acceptors (Lipinski definition) is 2. The van der Waals surface area contributed by atoms with Gasteiger partial charge in [0.1, 0.15) is 0 Å². The minimum Gasteiger partial charge on any atom is -0.251 e. The van der Waals surface area contributed by atoms with Gasteiger partial charge in [0, 0.05) is 16.5 Å². The fourth-order valence-corrected chi connectivity index (χ4v) is 4.40. The molecule has 206 valence electrons. The van der Waals surface area contributed by atoms with Crippen LogP contribution in [0.3, 0.4) is 0 Å². The van der Waals surface area contributed by atoms with Crippen LogP contribution in [-0.2, 0) is 16.5 Å². The number of unbranched alkanes of at least 4 members (excludes halogenated alkanes) is 13. The van der Waals surface area contributed by atoms with Gasteiger partial charge in [-0.2, -0.15) is 0 Å². The van der Waals surface area contributed by atoms with Crippen molar-refractivity contribution in [2.75, 3.05) is 0 Å². The van der Waals surface area contributed by atoms with Crippen molar-refractivity contribution in [2.45, 2.75) is 117 Å². The molecule has 0 radical (unpaired) electrons. The second kappa shape index (κ2) is 23.2. The van der Waals surface area contributed by atoms with Gasteiger partial charge < -0.3 is 0 Å². The molecule has 0 saturated carbocycles. The Labute approximate surface area is 238 Å². The van der Waals surface area contributed by atoms with Crippen LogP contribution >= 0.6 is 0 Å². The molecule has 0 saturated heterocycles. The zero-order valence-corrected chi connectivity index (χ0v) is 24.4. The van der Waals surface area contributed by atoms with Crippen LogP contribution < -0.4 is 0 Å². The van der Waals surface area contributed by atoms with E-state index in [-0.39, 0.29) is 16.5 Å². The van der Waals surface area contributed by atoms with Crippen LogP contribution in [0.1, 0.15) is 117 Å². The second-order valence-corrected chi connectivity index (χ2v) is 9.91. The van der Waals surface area contributed by atoms with Crippen molar-refractivity contribution in [1.82, 2.24) is 0 Å². The maximum atomic E-state index is 5.06. The molecular formula is C34H50N2Ni. The molecule has 0 bridgehead atoms. The van der Waals surface area contributed by atoms with Crippen molar-refractivity contribution in [3.63, 3.8) is 0 Å². The van der Waals surface area contributed by atoms with Crippen molar-refractivity contribution in [3.8, 4) is 0 Å². The summed E-state index contributed by atoms with van der Waals surface area (Å²) in [6, 6.07) is 20.6. The van der Waals surface area contributed by atoms with Crippen LogP contribution in [0.4, 0.5) is 11.4 Å². The molecule has 3 heteroatoms. The maximum absolute atomic E-state index is 5.06. The third-order valence-electron chi connectivity index (χ3n) is 6.59. The van der Waals surface area contributed by atoms with Gasteiger partial charge in [-0.25, -0.2) is 4.99 Å². The minimum absolute atomic E-state index is 0. The number of para-hydroxylation sites is 2. The van der Waals surface area contributed by atoms with Crippen LogP contribution in [-0.4, -0.2) is 11.4 Å². The van der Waals surface area contributed by atoms with Crippen LogP contribution in [0.5, 0.6) is 0 Å². The summed E-state index contributed by atoms with van der Waals surface area (Å²) in [4.78, 5) is 10.1. The summed E-state index contributed by atoms with van der Waals surface area (Å²) in [5.41, 5.74) is 4.10. The summed E-state index contributed by atoms with van der Waals surface area (Å²) < 4.78 is 0. The van der Waals surface area contributed by atoms with E-state index in [2.05, 4.69) is 74.5 Å². The standard InChI is InChI=1S/C34H50N2.Ni/c1-3-5-7-9-10-11-12-13-14-15-16-24-30-34(36-32-27-21-18-22-28-32)33(29-23-8-6-4-2)35-31-25-19-17-20-26-31;/h17-22,24-28,30H,3-16,23,29H2,1-2H3;/b30-24+,35-33?,36-34?;.